The summed E-state index contributed by atoms with van der Waals surface area (Å²) in [5.74, 6) is -0.0284. The summed E-state index contributed by atoms with van der Waals surface area (Å²) in [5.41, 5.74) is 2.96. The Morgan fingerprint density at radius 2 is 1.77 bits per heavy atom. The van der Waals surface area contributed by atoms with Gasteiger partial charge in [-0.05, 0) is 26.0 Å². The quantitative estimate of drug-likeness (QED) is 0.734. The number of nitrogens with one attached hydrogen (secondary N) is 1. The van der Waals surface area contributed by atoms with Crippen LogP contribution in [0.3, 0.4) is 0 Å². The van der Waals surface area contributed by atoms with Crippen molar-refractivity contribution in [2.75, 3.05) is 6.26 Å². The number of carbonyl (C=O) groups is 1. The third-order valence-electron chi connectivity index (χ3n) is 1.68. The maximum Gasteiger partial charge on any atom is 0.261 e. The highest BCUT2D eigenvalue weighted by molar-refractivity contribution is 7.97. The molecule has 0 atom stereocenters. The molecule has 0 saturated carbocycles. The van der Waals surface area contributed by atoms with Crippen LogP contribution in [0.2, 0.25) is 0 Å². The van der Waals surface area contributed by atoms with E-state index in [1.54, 1.807) is 0 Å². The van der Waals surface area contributed by atoms with Crippen molar-refractivity contribution in [2.45, 2.75) is 13.8 Å². The third-order valence-corrected chi connectivity index (χ3v) is 2.07. The van der Waals surface area contributed by atoms with Crippen LogP contribution in [-0.2, 0) is 0 Å². The van der Waals surface area contributed by atoms with E-state index < -0.39 is 0 Å². The lowest BCUT2D eigenvalue weighted by Gasteiger charge is -2.03. The smallest absolute Gasteiger partial charge is 0.261 e. The minimum Gasteiger partial charge on any atom is -0.296 e. The van der Waals surface area contributed by atoms with E-state index in [0.717, 1.165) is 16.7 Å². The number of aryl methyl sites for hydroxylation is 2. The zero-order chi connectivity index (χ0) is 9.84. The molecule has 0 heterocycles. The van der Waals surface area contributed by atoms with Crippen molar-refractivity contribution in [3.63, 3.8) is 0 Å². The molecule has 0 aliphatic carbocycles. The highest BCUT2D eigenvalue weighted by atomic mass is 32.2. The SMILES string of the molecule is CSNC(=O)c1cc(C)cc(C)c1. The Morgan fingerprint density at radius 3 is 2.23 bits per heavy atom. The predicted octanol–water partition coefficient (Wildman–Crippen LogP) is 2.31. The van der Waals surface area contributed by atoms with Gasteiger partial charge in [-0.1, -0.05) is 29.1 Å². The molecule has 0 aliphatic heterocycles. The maximum absolute atomic E-state index is 11.4. The highest BCUT2D eigenvalue weighted by Gasteiger charge is 2.04. The van der Waals surface area contributed by atoms with Crippen molar-refractivity contribution in [3.8, 4) is 0 Å². The number of hydrogen-bond donors (Lipinski definition) is 1. The van der Waals surface area contributed by atoms with Crippen LogP contribution in [0.5, 0.6) is 0 Å². The van der Waals surface area contributed by atoms with Gasteiger partial charge in [0.05, 0.1) is 0 Å². The predicted molar refractivity (Wildman–Crippen MR) is 56.9 cm³/mol. The van der Waals surface area contributed by atoms with E-state index in [4.69, 9.17) is 0 Å². The van der Waals surface area contributed by atoms with Crippen LogP contribution in [-0.4, -0.2) is 12.2 Å². The first-order chi connectivity index (χ1) is 6.13. The lowest BCUT2D eigenvalue weighted by molar-refractivity contribution is 0.0984. The summed E-state index contributed by atoms with van der Waals surface area (Å²) in [4.78, 5) is 11.4. The summed E-state index contributed by atoms with van der Waals surface area (Å²) in [6, 6.07) is 5.83. The van der Waals surface area contributed by atoms with Crippen LogP contribution < -0.4 is 4.72 Å². The van der Waals surface area contributed by atoms with E-state index in [2.05, 4.69) is 10.8 Å². The van der Waals surface area contributed by atoms with Crippen LogP contribution in [0, 0.1) is 13.8 Å². The summed E-state index contributed by atoms with van der Waals surface area (Å²) >= 11 is 1.32. The third kappa shape index (κ3) is 2.77. The van der Waals surface area contributed by atoms with E-state index in [1.165, 1.54) is 11.9 Å². The van der Waals surface area contributed by atoms with Gasteiger partial charge in [-0.25, -0.2) is 0 Å². The molecule has 0 radical (unpaired) electrons. The van der Waals surface area contributed by atoms with E-state index in [9.17, 15) is 4.79 Å². The summed E-state index contributed by atoms with van der Waals surface area (Å²) in [5, 5.41) is 0. The Hall–Kier alpha value is -0.960. The molecule has 0 fully saturated rings. The number of benzene rings is 1. The molecule has 70 valence electrons. The summed E-state index contributed by atoms with van der Waals surface area (Å²) in [6.45, 7) is 3.98. The van der Waals surface area contributed by atoms with Crippen LogP contribution in [0.1, 0.15) is 21.5 Å². The van der Waals surface area contributed by atoms with Gasteiger partial charge < -0.3 is 0 Å². The molecule has 3 heteroatoms. The first-order valence-electron chi connectivity index (χ1n) is 4.05. The second kappa shape index (κ2) is 4.33. The topological polar surface area (TPSA) is 29.1 Å². The minimum absolute atomic E-state index is 0.0284. The molecule has 0 aliphatic rings. The summed E-state index contributed by atoms with van der Waals surface area (Å²) in [6.07, 6.45) is 1.83. The van der Waals surface area contributed by atoms with Crippen molar-refractivity contribution in [1.29, 1.82) is 0 Å². The molecule has 0 unspecified atom stereocenters. The molecule has 2 nitrogen and oxygen atoms in total. The van der Waals surface area contributed by atoms with Gasteiger partial charge in [-0.15, -0.1) is 0 Å². The van der Waals surface area contributed by atoms with Gasteiger partial charge in [0.2, 0.25) is 0 Å². The van der Waals surface area contributed by atoms with Crippen LogP contribution in [0.15, 0.2) is 18.2 Å². The van der Waals surface area contributed by atoms with Gasteiger partial charge in [0.15, 0.2) is 0 Å². The van der Waals surface area contributed by atoms with Gasteiger partial charge in [0.25, 0.3) is 5.91 Å². The highest BCUT2D eigenvalue weighted by Crippen LogP contribution is 2.09. The molecule has 1 amide bonds. The number of rotatable bonds is 2. The molecular weight excluding hydrogens is 182 g/mol. The Labute approximate surface area is 82.9 Å². The molecule has 0 spiro atoms. The van der Waals surface area contributed by atoms with Crippen LogP contribution in [0.25, 0.3) is 0 Å². The maximum atomic E-state index is 11.4. The lowest BCUT2D eigenvalue weighted by Crippen LogP contribution is -2.15. The Bertz CT molecular complexity index is 302. The Kier molecular flexibility index (Phi) is 3.37. The van der Waals surface area contributed by atoms with Crippen molar-refractivity contribution in [2.24, 2.45) is 0 Å². The largest absolute Gasteiger partial charge is 0.296 e. The molecule has 0 bridgehead atoms. The zero-order valence-corrected chi connectivity index (χ0v) is 8.87. The van der Waals surface area contributed by atoms with E-state index >= 15 is 0 Å². The van der Waals surface area contributed by atoms with Crippen LogP contribution >= 0.6 is 11.9 Å². The molecule has 0 saturated heterocycles. The summed E-state index contributed by atoms with van der Waals surface area (Å²) < 4.78 is 2.69. The molecule has 0 aromatic heterocycles. The average Bonchev–Trinajstić information content (AvgIpc) is 2.03. The second-order valence-corrected chi connectivity index (χ2v) is 3.62. The molecule has 1 N–H and O–H groups in total. The van der Waals surface area contributed by atoms with Gasteiger partial charge in [0, 0.05) is 11.8 Å². The fraction of sp³-hybridized carbons (Fsp3) is 0.300. The number of carbonyl (C=O) groups excluding carboxylic acids is 1. The normalized spacial score (nSPS) is 9.77. The fourth-order valence-corrected chi connectivity index (χ4v) is 1.56. The minimum atomic E-state index is -0.0284. The second-order valence-electron chi connectivity index (χ2n) is 3.01. The van der Waals surface area contributed by atoms with E-state index in [0.29, 0.717) is 0 Å². The number of amides is 1. The molecule has 1 aromatic carbocycles. The van der Waals surface area contributed by atoms with Gasteiger partial charge >= 0.3 is 0 Å². The number of hydrogen-bond acceptors (Lipinski definition) is 2. The zero-order valence-electron chi connectivity index (χ0n) is 8.05. The molecule has 1 rings (SSSR count). The van der Waals surface area contributed by atoms with Gasteiger partial charge in [-0.3, -0.25) is 9.52 Å². The van der Waals surface area contributed by atoms with Crippen molar-refractivity contribution in [1.82, 2.24) is 4.72 Å². The van der Waals surface area contributed by atoms with Crippen molar-refractivity contribution < 1.29 is 4.79 Å². The van der Waals surface area contributed by atoms with Crippen molar-refractivity contribution in [3.05, 3.63) is 34.9 Å². The van der Waals surface area contributed by atoms with Gasteiger partial charge in [0.1, 0.15) is 0 Å². The van der Waals surface area contributed by atoms with Gasteiger partial charge in [-0.2, -0.15) is 0 Å². The molecule has 1 aromatic rings. The average molecular weight is 195 g/mol. The van der Waals surface area contributed by atoms with E-state index in [1.807, 2.05) is 32.2 Å². The van der Waals surface area contributed by atoms with Crippen molar-refractivity contribution >= 4 is 17.9 Å². The van der Waals surface area contributed by atoms with E-state index in [-0.39, 0.29) is 5.91 Å². The van der Waals surface area contributed by atoms with Crippen LogP contribution in [0.4, 0.5) is 0 Å². The standard InChI is InChI=1S/C10H13NOS/c1-7-4-8(2)6-9(5-7)10(12)11-13-3/h4-6H,1-3H3,(H,11,12). The molecule has 13 heavy (non-hydrogen) atoms. The first-order valence-corrected chi connectivity index (χ1v) is 5.27. The fourth-order valence-electron chi connectivity index (χ4n) is 1.26. The Morgan fingerprint density at radius 1 is 1.23 bits per heavy atom. The monoisotopic (exact) mass is 195 g/mol. The lowest BCUT2D eigenvalue weighted by atomic mass is 10.1. The summed E-state index contributed by atoms with van der Waals surface area (Å²) in [7, 11) is 0. The molecular formula is C10H13NOS. The first kappa shape index (κ1) is 10.1. The Balaban J connectivity index is 2.94.